The molecule has 1 aromatic heterocycles. The molecule has 0 aliphatic heterocycles. The van der Waals surface area contributed by atoms with E-state index in [0.717, 1.165) is 10.9 Å². The van der Waals surface area contributed by atoms with Crippen LogP contribution in [0.25, 0.3) is 10.9 Å². The molecule has 2 aromatic rings. The lowest BCUT2D eigenvalue weighted by atomic mass is 10.1. The van der Waals surface area contributed by atoms with Gasteiger partial charge in [-0.2, -0.15) is 0 Å². The van der Waals surface area contributed by atoms with Crippen LogP contribution in [0.3, 0.4) is 0 Å². The number of ether oxygens (including phenoxy) is 1. The van der Waals surface area contributed by atoms with Crippen LogP contribution in [-0.4, -0.2) is 28.5 Å². The molecule has 0 spiro atoms. The maximum Gasteiger partial charge on any atom is 0.382 e. The van der Waals surface area contributed by atoms with E-state index in [-0.39, 0.29) is 13.0 Å². The Kier molecular flexibility index (Phi) is 6.39. The smallest absolute Gasteiger partial charge is 0.382 e. The maximum atomic E-state index is 11.5. The molecular weight excluding hydrogens is 272 g/mol. The summed E-state index contributed by atoms with van der Waals surface area (Å²) in [6.45, 7) is 5.76. The second kappa shape index (κ2) is 8.04. The van der Waals surface area contributed by atoms with E-state index >= 15 is 0 Å². The molecule has 21 heavy (non-hydrogen) atoms. The zero-order chi connectivity index (χ0) is 15.8. The molecule has 1 heterocycles. The number of rotatable bonds is 5. The Balaban J connectivity index is 0.00000106. The van der Waals surface area contributed by atoms with Crippen molar-refractivity contribution in [3.63, 3.8) is 0 Å². The summed E-state index contributed by atoms with van der Waals surface area (Å²) in [6.07, 6.45) is 0.000509. The third kappa shape index (κ3) is 4.30. The third-order valence-corrected chi connectivity index (χ3v) is 2.81. The summed E-state index contributed by atoms with van der Waals surface area (Å²) in [4.78, 5) is 24.9. The number of carbonyl (C=O) groups is 1. The van der Waals surface area contributed by atoms with Crippen molar-refractivity contribution in [1.29, 1.82) is 0 Å². The molecular formula is C15H20N2O4. The highest BCUT2D eigenvalue weighted by Crippen LogP contribution is 2.16. The summed E-state index contributed by atoms with van der Waals surface area (Å²) in [5.41, 5.74) is 1.54. The number of nitrogens with one attached hydrogen (secondary N) is 1. The molecule has 6 heteroatoms. The Morgan fingerprint density at radius 2 is 2.05 bits per heavy atom. The normalized spacial score (nSPS) is 11.4. The lowest BCUT2D eigenvalue weighted by Gasteiger charge is -2.07. The number of fused-ring (bicyclic) bond motifs is 1. The quantitative estimate of drug-likeness (QED) is 0.521. The topological polar surface area (TPSA) is 85.2 Å². The van der Waals surface area contributed by atoms with Gasteiger partial charge in [0.05, 0.1) is 13.0 Å². The highest BCUT2D eigenvalue weighted by Gasteiger charge is 2.32. The molecule has 1 aromatic carbocycles. The fraction of sp³-hybridized carbons (Fsp3) is 0.400. The number of hydrogen-bond donors (Lipinski definition) is 1. The van der Waals surface area contributed by atoms with Crippen molar-refractivity contribution in [2.75, 3.05) is 6.61 Å². The molecule has 0 saturated carbocycles. The molecule has 0 fully saturated rings. The lowest BCUT2D eigenvalue weighted by molar-refractivity contribution is -0.510. The summed E-state index contributed by atoms with van der Waals surface area (Å²) >= 11 is 0. The number of para-hydroxylation sites is 1. The molecule has 1 N–H and O–H groups in total. The minimum Gasteiger partial charge on any atom is -0.461 e. The van der Waals surface area contributed by atoms with Gasteiger partial charge >= 0.3 is 12.0 Å². The predicted molar refractivity (Wildman–Crippen MR) is 80.8 cm³/mol. The fourth-order valence-corrected chi connectivity index (χ4v) is 1.93. The van der Waals surface area contributed by atoms with E-state index in [1.165, 1.54) is 0 Å². The van der Waals surface area contributed by atoms with E-state index < -0.39 is 16.9 Å². The number of nitrogens with zero attached hydrogens (tertiary/aromatic N) is 1. The van der Waals surface area contributed by atoms with Gasteiger partial charge in [0.1, 0.15) is 0 Å². The first-order chi connectivity index (χ1) is 10.1. The van der Waals surface area contributed by atoms with Gasteiger partial charge in [-0.3, -0.25) is 10.1 Å². The van der Waals surface area contributed by atoms with E-state index in [1.807, 2.05) is 44.2 Å². The number of hydrogen-bond acceptors (Lipinski definition) is 4. The monoisotopic (exact) mass is 292 g/mol. The predicted octanol–water partition coefficient (Wildman–Crippen LogP) is 2.95. The van der Waals surface area contributed by atoms with Gasteiger partial charge in [0.25, 0.3) is 0 Å². The van der Waals surface area contributed by atoms with E-state index in [0.29, 0.717) is 5.69 Å². The molecule has 0 amide bonds. The van der Waals surface area contributed by atoms with E-state index in [9.17, 15) is 14.9 Å². The minimum atomic E-state index is -1.37. The first-order valence-electron chi connectivity index (χ1n) is 6.98. The SMILES string of the molecule is CC.CCOC(=O)C(Cc1cc2ccccc2[nH]1)[N+](=O)[O-]. The summed E-state index contributed by atoms with van der Waals surface area (Å²) in [6, 6.07) is 7.99. The average molecular weight is 292 g/mol. The van der Waals surface area contributed by atoms with Gasteiger partial charge in [0, 0.05) is 16.1 Å². The van der Waals surface area contributed by atoms with Gasteiger partial charge in [0.2, 0.25) is 0 Å². The standard InChI is InChI=1S/C13H14N2O4.C2H6/c1-2-19-13(16)12(15(17)18)8-10-7-9-5-3-4-6-11(9)14-10;1-2/h3-7,12,14H,2,8H2,1H3;1-2H3. The van der Waals surface area contributed by atoms with E-state index in [4.69, 9.17) is 4.74 Å². The van der Waals surface area contributed by atoms with E-state index in [1.54, 1.807) is 6.92 Å². The van der Waals surface area contributed by atoms with Crippen molar-refractivity contribution in [1.82, 2.24) is 4.98 Å². The van der Waals surface area contributed by atoms with Crippen LogP contribution in [0.15, 0.2) is 30.3 Å². The second-order valence-electron chi connectivity index (χ2n) is 4.14. The summed E-state index contributed by atoms with van der Waals surface area (Å²) < 4.78 is 4.72. The molecule has 0 saturated heterocycles. The maximum absolute atomic E-state index is 11.5. The zero-order valence-electron chi connectivity index (χ0n) is 12.5. The Hall–Kier alpha value is -2.37. The number of esters is 1. The largest absolute Gasteiger partial charge is 0.461 e. The Bertz CT molecular complexity index is 573. The molecule has 0 bridgehead atoms. The van der Waals surface area contributed by atoms with Gasteiger partial charge in [-0.05, 0) is 24.4 Å². The van der Waals surface area contributed by atoms with Gasteiger partial charge in [-0.15, -0.1) is 0 Å². The number of benzene rings is 1. The first-order valence-corrected chi connectivity index (χ1v) is 6.98. The molecule has 0 aliphatic rings. The van der Waals surface area contributed by atoms with Crippen LogP contribution >= 0.6 is 0 Å². The van der Waals surface area contributed by atoms with Crippen LogP contribution in [0.5, 0.6) is 0 Å². The van der Waals surface area contributed by atoms with Crippen LogP contribution in [0.1, 0.15) is 26.5 Å². The van der Waals surface area contributed by atoms with Crippen LogP contribution in [-0.2, 0) is 16.0 Å². The van der Waals surface area contributed by atoms with Crippen molar-refractivity contribution < 1.29 is 14.5 Å². The van der Waals surface area contributed by atoms with E-state index in [2.05, 4.69) is 4.98 Å². The van der Waals surface area contributed by atoms with Gasteiger partial charge in [-0.1, -0.05) is 32.0 Å². The van der Waals surface area contributed by atoms with Crippen LogP contribution in [0.4, 0.5) is 0 Å². The number of nitro groups is 1. The summed E-state index contributed by atoms with van der Waals surface area (Å²) in [5.74, 6) is -0.800. The van der Waals surface area contributed by atoms with Gasteiger partial charge < -0.3 is 9.72 Å². The van der Waals surface area contributed by atoms with Gasteiger partial charge in [-0.25, -0.2) is 4.79 Å². The fourth-order valence-electron chi connectivity index (χ4n) is 1.93. The van der Waals surface area contributed by atoms with Gasteiger partial charge in [0.15, 0.2) is 0 Å². The van der Waals surface area contributed by atoms with Crippen LogP contribution in [0, 0.1) is 10.1 Å². The molecule has 0 radical (unpaired) electrons. The zero-order valence-corrected chi connectivity index (χ0v) is 12.5. The summed E-state index contributed by atoms with van der Waals surface area (Å²) in [5, 5.41) is 11.9. The van der Waals surface area contributed by atoms with Crippen molar-refractivity contribution in [2.24, 2.45) is 0 Å². The van der Waals surface area contributed by atoms with Crippen molar-refractivity contribution >= 4 is 16.9 Å². The number of carbonyl (C=O) groups excluding carboxylic acids is 1. The average Bonchev–Trinajstić information content (AvgIpc) is 2.89. The summed E-state index contributed by atoms with van der Waals surface area (Å²) in [7, 11) is 0. The Morgan fingerprint density at radius 3 is 2.62 bits per heavy atom. The number of H-pyrrole nitrogens is 1. The second-order valence-corrected chi connectivity index (χ2v) is 4.14. The Morgan fingerprint density at radius 1 is 1.38 bits per heavy atom. The van der Waals surface area contributed by atoms with Crippen molar-refractivity contribution in [3.8, 4) is 0 Å². The first kappa shape index (κ1) is 16.7. The highest BCUT2D eigenvalue weighted by atomic mass is 16.6. The lowest BCUT2D eigenvalue weighted by Crippen LogP contribution is -2.33. The van der Waals surface area contributed by atoms with Crippen molar-refractivity contribution in [2.45, 2.75) is 33.2 Å². The highest BCUT2D eigenvalue weighted by molar-refractivity contribution is 5.81. The minimum absolute atomic E-state index is 0.000509. The molecule has 2 rings (SSSR count). The van der Waals surface area contributed by atoms with Crippen LogP contribution in [0.2, 0.25) is 0 Å². The molecule has 0 aliphatic carbocycles. The molecule has 6 nitrogen and oxygen atoms in total. The third-order valence-electron chi connectivity index (χ3n) is 2.81. The molecule has 114 valence electrons. The number of aromatic amines is 1. The molecule has 1 atom stereocenters. The van der Waals surface area contributed by atoms with Crippen molar-refractivity contribution in [3.05, 3.63) is 46.1 Å². The Labute approximate surface area is 123 Å². The van der Waals surface area contributed by atoms with Crippen LogP contribution < -0.4 is 0 Å². The molecule has 1 unspecified atom stereocenters. The number of aromatic nitrogens is 1.